The van der Waals surface area contributed by atoms with E-state index in [4.69, 9.17) is 17.3 Å². The van der Waals surface area contributed by atoms with E-state index < -0.39 is 0 Å². The average molecular weight is 180 g/mol. The zero-order chi connectivity index (χ0) is 9.56. The summed E-state index contributed by atoms with van der Waals surface area (Å²) in [6.45, 7) is 3.59. The number of benzene rings is 1. The predicted octanol–water partition coefficient (Wildman–Crippen LogP) is 2.52. The van der Waals surface area contributed by atoms with Gasteiger partial charge in [0.25, 0.3) is 0 Å². The summed E-state index contributed by atoms with van der Waals surface area (Å²) >= 11 is 5.65. The highest BCUT2D eigenvalue weighted by Gasteiger charge is 1.91. The Morgan fingerprint density at radius 1 is 1.25 bits per heavy atom. The Morgan fingerprint density at radius 3 is 2.00 bits per heavy atom. The number of halogens is 1. The molecule has 62 valence electrons. The topological polar surface area (TPSA) is 26.0 Å². The molecule has 0 aliphatic heterocycles. The number of nitrogens with two attached hydrogens (primary N) is 1. The van der Waals surface area contributed by atoms with Crippen molar-refractivity contribution in [1.82, 2.24) is 0 Å². The third-order valence-electron chi connectivity index (χ3n) is 1.22. The minimum atomic E-state index is 0.566. The molecule has 0 bridgehead atoms. The molecular formula is C10H10ClN. The Bertz CT molecular complexity index is 272. The highest BCUT2D eigenvalue weighted by atomic mass is 35.5. The molecule has 0 spiro atoms. The van der Waals surface area contributed by atoms with Crippen molar-refractivity contribution in [2.75, 3.05) is 0 Å². The van der Waals surface area contributed by atoms with Gasteiger partial charge in [0.05, 0.1) is 0 Å². The van der Waals surface area contributed by atoms with Crippen LogP contribution in [0.3, 0.4) is 0 Å². The fourth-order valence-electron chi connectivity index (χ4n) is 0.664. The van der Waals surface area contributed by atoms with Crippen LogP contribution in [0.25, 0.3) is 5.70 Å². The van der Waals surface area contributed by atoms with E-state index >= 15 is 0 Å². The lowest BCUT2D eigenvalue weighted by molar-refractivity contribution is 1.53. The molecule has 1 nitrogen and oxygen atoms in total. The Kier molecular flexibility index (Phi) is 4.67. The normalized spacial score (nSPS) is 7.92. The SMILES string of the molecule is C#C.C=C(N)c1ccc(Cl)cc1. The van der Waals surface area contributed by atoms with Gasteiger partial charge in [-0.25, -0.2) is 0 Å². The second-order valence-corrected chi connectivity index (χ2v) is 2.47. The number of hydrogen-bond donors (Lipinski definition) is 1. The van der Waals surface area contributed by atoms with E-state index in [0.29, 0.717) is 10.7 Å². The van der Waals surface area contributed by atoms with E-state index in [-0.39, 0.29) is 0 Å². The minimum absolute atomic E-state index is 0.566. The molecule has 0 aromatic heterocycles. The second kappa shape index (κ2) is 5.29. The van der Waals surface area contributed by atoms with Crippen molar-refractivity contribution in [3.8, 4) is 12.8 Å². The lowest BCUT2D eigenvalue weighted by Gasteiger charge is -1.97. The first-order valence-electron chi connectivity index (χ1n) is 3.24. The Balaban J connectivity index is 0.000000561. The Labute approximate surface area is 77.8 Å². The largest absolute Gasteiger partial charge is 0.399 e. The quantitative estimate of drug-likeness (QED) is 0.659. The van der Waals surface area contributed by atoms with E-state index in [1.807, 2.05) is 12.1 Å². The molecule has 1 rings (SSSR count). The van der Waals surface area contributed by atoms with E-state index in [9.17, 15) is 0 Å². The van der Waals surface area contributed by atoms with Crippen LogP contribution in [0.15, 0.2) is 30.8 Å². The molecular weight excluding hydrogens is 170 g/mol. The molecule has 1 aromatic carbocycles. The lowest BCUT2D eigenvalue weighted by Crippen LogP contribution is -1.92. The predicted molar refractivity (Wildman–Crippen MR) is 54.6 cm³/mol. The summed E-state index contributed by atoms with van der Waals surface area (Å²) in [6.07, 6.45) is 8.00. The summed E-state index contributed by atoms with van der Waals surface area (Å²) in [7, 11) is 0. The number of rotatable bonds is 1. The van der Waals surface area contributed by atoms with Crippen molar-refractivity contribution in [1.29, 1.82) is 0 Å². The smallest absolute Gasteiger partial charge is 0.0406 e. The van der Waals surface area contributed by atoms with E-state index in [2.05, 4.69) is 19.4 Å². The molecule has 0 radical (unpaired) electrons. The van der Waals surface area contributed by atoms with Gasteiger partial charge < -0.3 is 5.73 Å². The molecule has 2 heteroatoms. The standard InChI is InChI=1S/C8H8ClN.C2H2/c1-6(10)7-2-4-8(9)5-3-7;1-2/h2-5H,1,10H2;1-2H. The number of terminal acetylenes is 1. The Morgan fingerprint density at radius 2 is 1.67 bits per heavy atom. The van der Waals surface area contributed by atoms with Crippen molar-refractivity contribution >= 4 is 17.3 Å². The van der Waals surface area contributed by atoms with E-state index in [0.717, 1.165) is 5.56 Å². The molecule has 0 amide bonds. The molecule has 0 fully saturated rings. The molecule has 0 aliphatic carbocycles. The molecule has 0 saturated carbocycles. The molecule has 0 heterocycles. The van der Waals surface area contributed by atoms with Gasteiger partial charge in [-0.2, -0.15) is 0 Å². The fourth-order valence-corrected chi connectivity index (χ4v) is 0.790. The summed E-state index contributed by atoms with van der Waals surface area (Å²) in [5, 5.41) is 0.713. The molecule has 0 saturated heterocycles. The highest BCUT2D eigenvalue weighted by Crippen LogP contribution is 2.12. The van der Waals surface area contributed by atoms with Gasteiger partial charge in [0.1, 0.15) is 0 Å². The summed E-state index contributed by atoms with van der Waals surface area (Å²) in [5.74, 6) is 0. The first kappa shape index (κ1) is 10.6. The average Bonchev–Trinajstić information content (AvgIpc) is 2.09. The van der Waals surface area contributed by atoms with Crippen molar-refractivity contribution in [3.63, 3.8) is 0 Å². The maximum absolute atomic E-state index is 5.65. The first-order chi connectivity index (χ1) is 5.70. The van der Waals surface area contributed by atoms with Gasteiger partial charge in [0, 0.05) is 10.7 Å². The van der Waals surface area contributed by atoms with Gasteiger partial charge in [-0.3, -0.25) is 0 Å². The zero-order valence-electron chi connectivity index (χ0n) is 6.63. The van der Waals surface area contributed by atoms with Crippen LogP contribution in [0.1, 0.15) is 5.56 Å². The lowest BCUT2D eigenvalue weighted by atomic mass is 10.2. The van der Waals surface area contributed by atoms with Crippen molar-refractivity contribution in [3.05, 3.63) is 41.4 Å². The van der Waals surface area contributed by atoms with Crippen LogP contribution in [0.2, 0.25) is 5.02 Å². The summed E-state index contributed by atoms with van der Waals surface area (Å²) < 4.78 is 0. The van der Waals surface area contributed by atoms with Gasteiger partial charge in [0.15, 0.2) is 0 Å². The maximum Gasteiger partial charge on any atom is 0.0406 e. The van der Waals surface area contributed by atoms with Crippen LogP contribution in [-0.4, -0.2) is 0 Å². The first-order valence-corrected chi connectivity index (χ1v) is 3.61. The number of hydrogen-bond acceptors (Lipinski definition) is 1. The summed E-state index contributed by atoms with van der Waals surface area (Å²) in [6, 6.07) is 7.25. The van der Waals surface area contributed by atoms with Gasteiger partial charge in [-0.15, -0.1) is 12.8 Å². The summed E-state index contributed by atoms with van der Waals surface area (Å²) in [5.41, 5.74) is 6.91. The van der Waals surface area contributed by atoms with Crippen molar-refractivity contribution in [2.24, 2.45) is 5.73 Å². The van der Waals surface area contributed by atoms with Gasteiger partial charge in [-0.1, -0.05) is 30.3 Å². The van der Waals surface area contributed by atoms with Crippen LogP contribution < -0.4 is 5.73 Å². The fraction of sp³-hybridized carbons (Fsp3) is 0. The van der Waals surface area contributed by atoms with Crippen LogP contribution in [0, 0.1) is 12.8 Å². The van der Waals surface area contributed by atoms with E-state index in [1.165, 1.54) is 0 Å². The molecule has 0 atom stereocenters. The van der Waals surface area contributed by atoms with Crippen LogP contribution >= 0.6 is 11.6 Å². The monoisotopic (exact) mass is 179 g/mol. The van der Waals surface area contributed by atoms with Gasteiger partial charge in [0.2, 0.25) is 0 Å². The zero-order valence-corrected chi connectivity index (χ0v) is 7.38. The minimum Gasteiger partial charge on any atom is -0.399 e. The summed E-state index contributed by atoms with van der Waals surface area (Å²) in [4.78, 5) is 0. The third kappa shape index (κ3) is 3.14. The Hall–Kier alpha value is -1.39. The third-order valence-corrected chi connectivity index (χ3v) is 1.47. The van der Waals surface area contributed by atoms with Gasteiger partial charge in [-0.05, 0) is 17.7 Å². The highest BCUT2D eigenvalue weighted by molar-refractivity contribution is 6.30. The second-order valence-electron chi connectivity index (χ2n) is 2.03. The maximum atomic E-state index is 5.65. The van der Waals surface area contributed by atoms with Crippen LogP contribution in [0.5, 0.6) is 0 Å². The van der Waals surface area contributed by atoms with E-state index in [1.54, 1.807) is 12.1 Å². The molecule has 0 aliphatic rings. The van der Waals surface area contributed by atoms with Crippen LogP contribution in [0.4, 0.5) is 0 Å². The van der Waals surface area contributed by atoms with Crippen LogP contribution in [-0.2, 0) is 0 Å². The van der Waals surface area contributed by atoms with Gasteiger partial charge >= 0.3 is 0 Å². The van der Waals surface area contributed by atoms with Crippen molar-refractivity contribution in [2.45, 2.75) is 0 Å². The molecule has 1 aromatic rings. The molecule has 0 unspecified atom stereocenters. The van der Waals surface area contributed by atoms with Crippen molar-refractivity contribution < 1.29 is 0 Å². The molecule has 12 heavy (non-hydrogen) atoms. The molecule has 2 N–H and O–H groups in total.